The molecule has 1 heterocycles. The number of likely N-dealkylation sites (tertiary alicyclic amines) is 1. The molecule has 3 aliphatic carbocycles. The quantitative estimate of drug-likeness (QED) is 0.416. The van der Waals surface area contributed by atoms with Crippen LogP contribution in [0.5, 0.6) is 5.75 Å². The molecule has 1 aliphatic heterocycles. The fourth-order valence-electron chi connectivity index (χ4n) is 6.15. The lowest BCUT2D eigenvalue weighted by molar-refractivity contribution is -0.154. The summed E-state index contributed by atoms with van der Waals surface area (Å²) in [5, 5.41) is 2.62. The van der Waals surface area contributed by atoms with Crippen LogP contribution in [0.4, 0.5) is 5.69 Å². The Balaban J connectivity index is 1.18. The molecule has 1 N–H and O–H groups in total. The van der Waals surface area contributed by atoms with Crippen LogP contribution in [0.15, 0.2) is 72.8 Å². The molecular formula is C29H24N2O6. The maximum absolute atomic E-state index is 13.5. The number of carbonyl (C=O) groups excluding carboxylic acids is 4. The van der Waals surface area contributed by atoms with Crippen LogP contribution in [0, 0.1) is 11.8 Å². The van der Waals surface area contributed by atoms with E-state index in [-0.39, 0.29) is 23.7 Å². The first-order valence-electron chi connectivity index (χ1n) is 12.1. The monoisotopic (exact) mass is 496 g/mol. The summed E-state index contributed by atoms with van der Waals surface area (Å²) in [6.45, 7) is -1.08. The van der Waals surface area contributed by atoms with Gasteiger partial charge < -0.3 is 14.8 Å². The summed E-state index contributed by atoms with van der Waals surface area (Å²) < 4.78 is 10.3. The van der Waals surface area contributed by atoms with Crippen LogP contribution in [0.3, 0.4) is 0 Å². The summed E-state index contributed by atoms with van der Waals surface area (Å²) in [5.41, 5.74) is 4.68. The summed E-state index contributed by atoms with van der Waals surface area (Å²) in [4.78, 5) is 53.0. The van der Waals surface area contributed by atoms with Crippen LogP contribution in [0.2, 0.25) is 0 Å². The van der Waals surface area contributed by atoms with Gasteiger partial charge >= 0.3 is 5.97 Å². The van der Waals surface area contributed by atoms with Crippen molar-refractivity contribution in [1.29, 1.82) is 0 Å². The second-order valence-corrected chi connectivity index (χ2v) is 9.44. The third-order valence-corrected chi connectivity index (χ3v) is 7.57. The SMILES string of the molecule is COc1ccccc1NC(=O)COC(=O)CN1C(=O)[C@H]2C3c4ccccc4C(c4ccccc43)[C@@H]2C1=O. The molecule has 0 saturated carbocycles. The fraction of sp³-hybridized carbons (Fsp3) is 0.241. The first-order valence-corrected chi connectivity index (χ1v) is 12.1. The molecule has 3 aromatic rings. The summed E-state index contributed by atoms with van der Waals surface area (Å²) in [6.07, 6.45) is 0. The predicted octanol–water partition coefficient (Wildman–Crippen LogP) is 3.07. The van der Waals surface area contributed by atoms with Crippen molar-refractivity contribution in [3.05, 3.63) is 95.1 Å². The summed E-state index contributed by atoms with van der Waals surface area (Å²) >= 11 is 0. The molecule has 3 aromatic carbocycles. The summed E-state index contributed by atoms with van der Waals surface area (Å²) in [6, 6.07) is 22.7. The number of imide groups is 1. The van der Waals surface area contributed by atoms with Crippen molar-refractivity contribution in [2.24, 2.45) is 11.8 Å². The van der Waals surface area contributed by atoms with Gasteiger partial charge in [-0.2, -0.15) is 0 Å². The van der Waals surface area contributed by atoms with Gasteiger partial charge in [0.15, 0.2) is 6.61 Å². The molecule has 8 nitrogen and oxygen atoms in total. The highest BCUT2D eigenvalue weighted by Crippen LogP contribution is 2.60. The number of methoxy groups -OCH3 is 1. The number of nitrogens with one attached hydrogen (secondary N) is 1. The Morgan fingerprint density at radius 1 is 0.784 bits per heavy atom. The topological polar surface area (TPSA) is 102 Å². The van der Waals surface area contributed by atoms with Gasteiger partial charge in [0.05, 0.1) is 24.6 Å². The lowest BCUT2D eigenvalue weighted by Gasteiger charge is -2.45. The van der Waals surface area contributed by atoms with Crippen LogP contribution >= 0.6 is 0 Å². The highest BCUT2D eigenvalue weighted by Gasteiger charge is 2.61. The third kappa shape index (κ3) is 3.59. The van der Waals surface area contributed by atoms with Crippen molar-refractivity contribution in [3.63, 3.8) is 0 Å². The van der Waals surface area contributed by atoms with Crippen LogP contribution in [0.1, 0.15) is 34.1 Å². The first-order chi connectivity index (χ1) is 18.0. The lowest BCUT2D eigenvalue weighted by atomic mass is 9.55. The molecule has 0 aromatic heterocycles. The maximum atomic E-state index is 13.5. The number of nitrogens with zero attached hydrogens (tertiary/aromatic N) is 1. The highest BCUT2D eigenvalue weighted by molar-refractivity contribution is 6.09. The minimum atomic E-state index is -0.821. The highest BCUT2D eigenvalue weighted by atomic mass is 16.5. The number of hydrogen-bond acceptors (Lipinski definition) is 6. The molecule has 2 atom stereocenters. The van der Waals surface area contributed by atoms with E-state index in [9.17, 15) is 19.2 Å². The molecule has 4 aliphatic rings. The molecule has 186 valence electrons. The number of para-hydroxylation sites is 2. The van der Waals surface area contributed by atoms with Gasteiger partial charge in [-0.15, -0.1) is 0 Å². The number of benzene rings is 3. The minimum Gasteiger partial charge on any atom is -0.495 e. The van der Waals surface area contributed by atoms with Gasteiger partial charge in [0.2, 0.25) is 11.8 Å². The van der Waals surface area contributed by atoms with E-state index in [2.05, 4.69) is 5.32 Å². The Hall–Kier alpha value is -4.46. The Labute approximate surface area is 213 Å². The van der Waals surface area contributed by atoms with Crippen LogP contribution in [-0.4, -0.2) is 48.9 Å². The predicted molar refractivity (Wildman–Crippen MR) is 133 cm³/mol. The number of esters is 1. The molecule has 1 saturated heterocycles. The van der Waals surface area contributed by atoms with E-state index in [1.807, 2.05) is 48.5 Å². The number of anilines is 1. The molecule has 3 amide bonds. The molecule has 7 rings (SSSR count). The zero-order valence-corrected chi connectivity index (χ0v) is 20.0. The number of amides is 3. The second-order valence-electron chi connectivity index (χ2n) is 9.44. The number of ether oxygens (including phenoxy) is 2. The normalized spacial score (nSPS) is 22.7. The van der Waals surface area contributed by atoms with Crippen molar-refractivity contribution < 1.29 is 28.7 Å². The van der Waals surface area contributed by atoms with E-state index < -0.39 is 36.9 Å². The Bertz CT molecular complexity index is 1330. The molecule has 37 heavy (non-hydrogen) atoms. The second kappa shape index (κ2) is 8.89. The van der Waals surface area contributed by atoms with Crippen molar-refractivity contribution in [2.75, 3.05) is 25.6 Å². The standard InChI is InChI=1S/C29H24N2O6/c1-36-21-13-7-6-12-20(21)30-22(32)15-37-23(33)14-31-28(34)26-24-16-8-2-3-9-17(16)25(27(26)29(31)35)19-11-5-4-10-18(19)24/h2-13,24-27H,14-15H2,1H3,(H,30,32)/t24?,25?,26-,27-/m0/s1. The van der Waals surface area contributed by atoms with E-state index in [1.54, 1.807) is 24.3 Å². The van der Waals surface area contributed by atoms with E-state index >= 15 is 0 Å². The van der Waals surface area contributed by atoms with Crippen LogP contribution < -0.4 is 10.1 Å². The van der Waals surface area contributed by atoms with E-state index in [0.717, 1.165) is 27.2 Å². The average Bonchev–Trinajstić information content (AvgIpc) is 3.17. The van der Waals surface area contributed by atoms with Crippen molar-refractivity contribution in [3.8, 4) is 5.75 Å². The lowest BCUT2D eigenvalue weighted by Crippen LogP contribution is -2.41. The molecule has 2 bridgehead atoms. The van der Waals surface area contributed by atoms with Gasteiger partial charge in [-0.1, -0.05) is 60.7 Å². The zero-order chi connectivity index (χ0) is 25.7. The van der Waals surface area contributed by atoms with E-state index in [1.165, 1.54) is 7.11 Å². The largest absolute Gasteiger partial charge is 0.495 e. The molecule has 0 radical (unpaired) electrons. The van der Waals surface area contributed by atoms with Crippen LogP contribution in [0.25, 0.3) is 0 Å². The van der Waals surface area contributed by atoms with Gasteiger partial charge in [-0.05, 0) is 34.4 Å². The Morgan fingerprint density at radius 3 is 1.78 bits per heavy atom. The molecule has 8 heteroatoms. The number of rotatable bonds is 6. The summed E-state index contributed by atoms with van der Waals surface area (Å²) in [7, 11) is 1.48. The van der Waals surface area contributed by atoms with E-state index in [0.29, 0.717) is 11.4 Å². The van der Waals surface area contributed by atoms with E-state index in [4.69, 9.17) is 9.47 Å². The Morgan fingerprint density at radius 2 is 1.27 bits per heavy atom. The molecule has 1 fully saturated rings. The number of hydrogen-bond donors (Lipinski definition) is 1. The minimum absolute atomic E-state index is 0.244. The van der Waals surface area contributed by atoms with Gasteiger partial charge in [-0.3, -0.25) is 24.1 Å². The smallest absolute Gasteiger partial charge is 0.326 e. The molecular weight excluding hydrogens is 472 g/mol. The van der Waals surface area contributed by atoms with Crippen molar-refractivity contribution in [2.45, 2.75) is 11.8 Å². The molecule has 0 spiro atoms. The summed E-state index contributed by atoms with van der Waals surface area (Å²) in [5.74, 6) is -3.28. The zero-order valence-electron chi connectivity index (χ0n) is 20.0. The number of carbonyl (C=O) groups is 4. The van der Waals surface area contributed by atoms with Crippen molar-refractivity contribution >= 4 is 29.4 Å². The van der Waals surface area contributed by atoms with Gasteiger partial charge in [0.1, 0.15) is 12.3 Å². The molecule has 0 unspecified atom stereocenters. The van der Waals surface area contributed by atoms with Gasteiger partial charge in [-0.25, -0.2) is 0 Å². The van der Waals surface area contributed by atoms with Crippen LogP contribution in [-0.2, 0) is 23.9 Å². The van der Waals surface area contributed by atoms with Gasteiger partial charge in [0.25, 0.3) is 5.91 Å². The first kappa shape index (κ1) is 23.0. The maximum Gasteiger partial charge on any atom is 0.326 e. The fourth-order valence-corrected chi connectivity index (χ4v) is 6.15. The third-order valence-electron chi connectivity index (χ3n) is 7.57. The Kier molecular flexibility index (Phi) is 5.52. The van der Waals surface area contributed by atoms with Crippen molar-refractivity contribution in [1.82, 2.24) is 4.90 Å². The van der Waals surface area contributed by atoms with Gasteiger partial charge in [0, 0.05) is 11.8 Å². The average molecular weight is 497 g/mol.